The van der Waals surface area contributed by atoms with Gasteiger partial charge in [0.2, 0.25) is 5.95 Å². The van der Waals surface area contributed by atoms with E-state index in [2.05, 4.69) is 15.1 Å². The van der Waals surface area contributed by atoms with Gasteiger partial charge in [0.25, 0.3) is 10.1 Å². The smallest absolute Gasteiger partial charge is 0.298 e. The monoisotopic (exact) mass is 365 g/mol. The average molecular weight is 365 g/mol. The van der Waals surface area contributed by atoms with E-state index in [1.54, 1.807) is 7.05 Å². The Morgan fingerprint density at radius 1 is 1.20 bits per heavy atom. The van der Waals surface area contributed by atoms with Crippen LogP contribution < -0.4 is 15.2 Å². The van der Waals surface area contributed by atoms with Gasteiger partial charge in [-0.3, -0.25) is 4.55 Å². The minimum atomic E-state index is -4.52. The van der Waals surface area contributed by atoms with Gasteiger partial charge in [-0.25, -0.2) is 9.67 Å². The van der Waals surface area contributed by atoms with Crippen molar-refractivity contribution in [1.29, 1.82) is 0 Å². The minimum absolute atomic E-state index is 0.0520. The highest BCUT2D eigenvalue weighted by molar-refractivity contribution is 7.86. The van der Waals surface area contributed by atoms with Gasteiger partial charge in [-0.2, -0.15) is 18.5 Å². The summed E-state index contributed by atoms with van der Waals surface area (Å²) in [6.45, 7) is 0. The molecule has 3 N–H and O–H groups in total. The second-order valence-electron chi connectivity index (χ2n) is 5.12. The number of nitrogens with two attached hydrogens (primary N) is 1. The predicted octanol–water partition coefficient (Wildman–Crippen LogP) is 0.876. The Morgan fingerprint density at radius 2 is 1.88 bits per heavy atom. The fourth-order valence-corrected chi connectivity index (χ4v) is 3.17. The van der Waals surface area contributed by atoms with Crippen LogP contribution in [0.25, 0.3) is 22.3 Å². The van der Waals surface area contributed by atoms with Gasteiger partial charge in [-0.1, -0.05) is 0 Å². The van der Waals surface area contributed by atoms with Gasteiger partial charge in [-0.15, -0.1) is 0 Å². The maximum atomic E-state index is 11.7. The summed E-state index contributed by atoms with van der Waals surface area (Å²) in [5.41, 5.74) is 6.77. The third kappa shape index (κ3) is 2.83. The first-order valence-corrected chi connectivity index (χ1v) is 8.39. The fourth-order valence-electron chi connectivity index (χ4n) is 2.51. The van der Waals surface area contributed by atoms with Gasteiger partial charge in [-0.05, 0) is 6.07 Å². The number of nitrogens with zero attached hydrogens (tertiary/aromatic N) is 4. The Labute approximate surface area is 143 Å². The van der Waals surface area contributed by atoms with E-state index in [9.17, 15) is 13.0 Å². The molecule has 0 atom stereocenters. The zero-order valence-corrected chi connectivity index (χ0v) is 14.4. The number of aryl methyl sites for hydroxylation is 1. The summed E-state index contributed by atoms with van der Waals surface area (Å²) in [7, 11) is -0.147. The van der Waals surface area contributed by atoms with E-state index in [0.29, 0.717) is 28.0 Å². The molecule has 0 fully saturated rings. The van der Waals surface area contributed by atoms with Crippen LogP contribution in [0, 0.1) is 0 Å². The maximum absolute atomic E-state index is 11.7. The van der Waals surface area contributed by atoms with Gasteiger partial charge in [0.15, 0.2) is 5.65 Å². The Bertz CT molecular complexity index is 1080. The largest absolute Gasteiger partial charge is 0.496 e. The van der Waals surface area contributed by atoms with E-state index in [1.807, 2.05) is 0 Å². The molecule has 3 rings (SSSR count). The molecular weight excluding hydrogens is 350 g/mol. The Balaban J connectivity index is 2.38. The SMILES string of the molecule is COc1cc(OC)c(S(=O)(=O)O)cc1-c1nn(C)c2nc(N)ncc12. The molecule has 0 aliphatic rings. The van der Waals surface area contributed by atoms with E-state index >= 15 is 0 Å². The third-order valence-electron chi connectivity index (χ3n) is 3.62. The summed E-state index contributed by atoms with van der Waals surface area (Å²) < 4.78 is 44.7. The lowest BCUT2D eigenvalue weighted by atomic mass is 10.1. The van der Waals surface area contributed by atoms with E-state index in [0.717, 1.165) is 0 Å². The highest BCUT2D eigenvalue weighted by atomic mass is 32.2. The van der Waals surface area contributed by atoms with E-state index in [4.69, 9.17) is 15.2 Å². The van der Waals surface area contributed by atoms with Crippen LogP contribution in [0.3, 0.4) is 0 Å². The van der Waals surface area contributed by atoms with Crippen molar-refractivity contribution in [2.24, 2.45) is 7.05 Å². The number of benzene rings is 1. The minimum Gasteiger partial charge on any atom is -0.496 e. The molecule has 2 heterocycles. The first kappa shape index (κ1) is 16.9. The van der Waals surface area contributed by atoms with E-state index in [-0.39, 0.29) is 11.7 Å². The Morgan fingerprint density at radius 3 is 2.48 bits per heavy atom. The molecule has 1 aromatic carbocycles. The zero-order chi connectivity index (χ0) is 18.4. The Kier molecular flexibility index (Phi) is 3.97. The molecule has 132 valence electrons. The lowest BCUT2D eigenvalue weighted by molar-refractivity contribution is 0.384. The normalized spacial score (nSPS) is 11.7. The van der Waals surface area contributed by atoms with Crippen LogP contribution in [-0.2, 0) is 17.2 Å². The zero-order valence-electron chi connectivity index (χ0n) is 13.6. The number of nitrogen functional groups attached to an aromatic ring is 1. The van der Waals surface area contributed by atoms with Crippen molar-refractivity contribution in [2.75, 3.05) is 20.0 Å². The molecule has 0 saturated carbocycles. The molecule has 0 bridgehead atoms. The molecule has 0 saturated heterocycles. The van der Waals surface area contributed by atoms with Gasteiger partial charge in [0, 0.05) is 24.9 Å². The van der Waals surface area contributed by atoms with Crippen LogP contribution in [0.5, 0.6) is 11.5 Å². The highest BCUT2D eigenvalue weighted by Gasteiger charge is 2.24. The second kappa shape index (κ2) is 5.86. The van der Waals surface area contributed by atoms with Crippen LogP contribution in [0.15, 0.2) is 23.2 Å². The van der Waals surface area contributed by atoms with Gasteiger partial charge >= 0.3 is 0 Å². The van der Waals surface area contributed by atoms with Gasteiger partial charge in [0.05, 0.1) is 19.6 Å². The molecule has 0 aliphatic carbocycles. The quantitative estimate of drug-likeness (QED) is 0.644. The predicted molar refractivity (Wildman–Crippen MR) is 89.1 cm³/mol. The summed E-state index contributed by atoms with van der Waals surface area (Å²) in [6.07, 6.45) is 1.48. The number of hydrogen-bond acceptors (Lipinski definition) is 8. The maximum Gasteiger partial charge on any atom is 0.298 e. The first-order chi connectivity index (χ1) is 11.8. The van der Waals surface area contributed by atoms with Crippen LogP contribution in [0.1, 0.15) is 0 Å². The van der Waals surface area contributed by atoms with Crippen LogP contribution in [0.4, 0.5) is 5.95 Å². The van der Waals surface area contributed by atoms with Crippen molar-refractivity contribution in [3.05, 3.63) is 18.3 Å². The molecule has 0 unspecified atom stereocenters. The van der Waals surface area contributed by atoms with Crippen molar-refractivity contribution in [3.63, 3.8) is 0 Å². The van der Waals surface area contributed by atoms with Gasteiger partial charge in [0.1, 0.15) is 22.1 Å². The number of anilines is 1. The molecule has 3 aromatic rings. The third-order valence-corrected chi connectivity index (χ3v) is 4.49. The fraction of sp³-hybridized carbons (Fsp3) is 0.214. The van der Waals surface area contributed by atoms with Crippen molar-refractivity contribution < 1.29 is 22.4 Å². The molecule has 0 radical (unpaired) electrons. The van der Waals surface area contributed by atoms with Crippen molar-refractivity contribution in [2.45, 2.75) is 4.90 Å². The molecule has 10 nitrogen and oxygen atoms in total. The summed E-state index contributed by atoms with van der Waals surface area (Å²) in [5, 5.41) is 4.89. The van der Waals surface area contributed by atoms with Gasteiger partial charge < -0.3 is 15.2 Å². The highest BCUT2D eigenvalue weighted by Crippen LogP contribution is 2.39. The Hall–Kier alpha value is -2.92. The molecule has 25 heavy (non-hydrogen) atoms. The topological polar surface area (TPSA) is 142 Å². The number of ether oxygens (including phenoxy) is 2. The lowest BCUT2D eigenvalue weighted by Gasteiger charge is -2.12. The number of methoxy groups -OCH3 is 2. The van der Waals surface area contributed by atoms with Crippen molar-refractivity contribution >= 4 is 27.1 Å². The van der Waals surface area contributed by atoms with Crippen molar-refractivity contribution in [1.82, 2.24) is 19.7 Å². The van der Waals surface area contributed by atoms with Crippen LogP contribution in [-0.4, -0.2) is 46.9 Å². The number of aromatic nitrogens is 4. The molecule has 11 heteroatoms. The van der Waals surface area contributed by atoms with Crippen LogP contribution >= 0.6 is 0 Å². The second-order valence-corrected chi connectivity index (χ2v) is 6.51. The first-order valence-electron chi connectivity index (χ1n) is 6.95. The number of hydrogen-bond donors (Lipinski definition) is 2. The summed E-state index contributed by atoms with van der Waals surface area (Å²) in [6, 6.07) is 2.59. The lowest BCUT2D eigenvalue weighted by Crippen LogP contribution is -2.03. The van der Waals surface area contributed by atoms with E-state index in [1.165, 1.54) is 37.2 Å². The molecule has 0 aliphatic heterocycles. The molecular formula is C14H15N5O5S. The standard InChI is InChI=1S/C14H15N5O5S/c1-19-13-8(6-16-14(15)17-13)12(18-19)7-4-11(25(20,21)22)10(24-3)5-9(7)23-2/h4-6H,1-3H3,(H2,15,16,17)(H,20,21,22). The summed E-state index contributed by atoms with van der Waals surface area (Å²) in [5.74, 6) is 0.340. The number of rotatable bonds is 4. The number of fused-ring (bicyclic) bond motifs is 1. The van der Waals surface area contributed by atoms with Crippen molar-refractivity contribution in [3.8, 4) is 22.8 Å². The summed E-state index contributed by atoms with van der Waals surface area (Å²) in [4.78, 5) is 7.66. The van der Waals surface area contributed by atoms with Crippen LogP contribution in [0.2, 0.25) is 0 Å². The molecule has 2 aromatic heterocycles. The average Bonchev–Trinajstić information content (AvgIpc) is 2.89. The molecule has 0 amide bonds. The molecule has 0 spiro atoms. The summed E-state index contributed by atoms with van der Waals surface area (Å²) >= 11 is 0. The van der Waals surface area contributed by atoms with E-state index < -0.39 is 15.0 Å².